The zero-order valence-corrected chi connectivity index (χ0v) is 16.2. The highest BCUT2D eigenvalue weighted by Crippen LogP contribution is 2.25. The molecule has 0 bridgehead atoms. The van der Waals surface area contributed by atoms with Gasteiger partial charge in [0.15, 0.2) is 0 Å². The van der Waals surface area contributed by atoms with Crippen molar-refractivity contribution >= 4 is 23.4 Å². The molecule has 3 amide bonds. The van der Waals surface area contributed by atoms with Crippen LogP contribution < -0.4 is 15.5 Å². The van der Waals surface area contributed by atoms with Crippen LogP contribution in [0.15, 0.2) is 60.7 Å². The normalized spacial score (nSPS) is 19.7. The summed E-state index contributed by atoms with van der Waals surface area (Å²) in [6.07, 6.45) is 2.55. The summed E-state index contributed by atoms with van der Waals surface area (Å²) in [5.74, 6) is -0.939. The predicted molar refractivity (Wildman–Crippen MR) is 110 cm³/mol. The van der Waals surface area contributed by atoms with Crippen molar-refractivity contribution in [3.05, 3.63) is 66.2 Å². The van der Waals surface area contributed by atoms with Gasteiger partial charge in [-0.05, 0) is 30.5 Å². The highest BCUT2D eigenvalue weighted by atomic mass is 16.2. The number of para-hydroxylation sites is 1. The average Bonchev–Trinajstić information content (AvgIpc) is 3.47. The Labute approximate surface area is 170 Å². The van der Waals surface area contributed by atoms with Gasteiger partial charge in [0.1, 0.15) is 6.04 Å². The monoisotopic (exact) mass is 391 g/mol. The molecule has 1 heterocycles. The minimum Gasteiger partial charge on any atom is -0.352 e. The van der Waals surface area contributed by atoms with Gasteiger partial charge in [-0.25, -0.2) is 0 Å². The van der Waals surface area contributed by atoms with Crippen molar-refractivity contribution in [1.82, 2.24) is 10.6 Å². The van der Waals surface area contributed by atoms with Crippen LogP contribution in [0.2, 0.25) is 0 Å². The van der Waals surface area contributed by atoms with Crippen LogP contribution in [-0.2, 0) is 20.8 Å². The first-order chi connectivity index (χ1) is 14.1. The largest absolute Gasteiger partial charge is 0.352 e. The van der Waals surface area contributed by atoms with Crippen molar-refractivity contribution in [3.8, 4) is 0 Å². The molecule has 1 aliphatic carbocycles. The Morgan fingerprint density at radius 2 is 1.66 bits per heavy atom. The third-order valence-corrected chi connectivity index (χ3v) is 5.40. The molecule has 2 atom stereocenters. The van der Waals surface area contributed by atoms with E-state index in [4.69, 9.17) is 0 Å². The summed E-state index contributed by atoms with van der Waals surface area (Å²) >= 11 is 0. The number of nitrogens with one attached hydrogen (secondary N) is 2. The van der Waals surface area contributed by atoms with E-state index < -0.39 is 12.0 Å². The first-order valence-corrected chi connectivity index (χ1v) is 10.1. The lowest BCUT2D eigenvalue weighted by atomic mass is 10.0. The fourth-order valence-electron chi connectivity index (χ4n) is 3.62. The molecule has 2 aromatic carbocycles. The van der Waals surface area contributed by atoms with E-state index in [1.54, 1.807) is 4.90 Å². The Bertz CT molecular complexity index is 881. The lowest BCUT2D eigenvalue weighted by Crippen LogP contribution is -2.50. The summed E-state index contributed by atoms with van der Waals surface area (Å²) in [5, 5.41) is 5.89. The smallest absolute Gasteiger partial charge is 0.243 e. The van der Waals surface area contributed by atoms with Crippen molar-refractivity contribution in [2.75, 3.05) is 11.4 Å². The maximum atomic E-state index is 12.9. The second-order valence-corrected chi connectivity index (χ2v) is 7.77. The number of anilines is 1. The quantitative estimate of drug-likeness (QED) is 0.758. The Balaban J connectivity index is 1.43. The lowest BCUT2D eigenvalue weighted by molar-refractivity contribution is -0.131. The summed E-state index contributed by atoms with van der Waals surface area (Å²) in [5.41, 5.74) is 1.78. The molecule has 1 saturated carbocycles. The summed E-state index contributed by atoms with van der Waals surface area (Å²) in [7, 11) is 0. The molecule has 1 saturated heterocycles. The third kappa shape index (κ3) is 4.83. The molecule has 2 N–H and O–H groups in total. The van der Waals surface area contributed by atoms with Crippen molar-refractivity contribution in [3.63, 3.8) is 0 Å². The second kappa shape index (κ2) is 8.47. The van der Waals surface area contributed by atoms with Crippen molar-refractivity contribution in [2.45, 2.75) is 37.8 Å². The second-order valence-electron chi connectivity index (χ2n) is 7.77. The molecular weight excluding hydrogens is 366 g/mol. The zero-order chi connectivity index (χ0) is 20.2. The third-order valence-electron chi connectivity index (χ3n) is 5.40. The summed E-state index contributed by atoms with van der Waals surface area (Å²) in [6.45, 7) is 0.330. The fraction of sp³-hybridized carbons (Fsp3) is 0.348. The molecule has 6 nitrogen and oxygen atoms in total. The Kier molecular flexibility index (Phi) is 5.60. The van der Waals surface area contributed by atoms with Gasteiger partial charge in [-0.2, -0.15) is 0 Å². The van der Waals surface area contributed by atoms with E-state index in [-0.39, 0.29) is 30.2 Å². The Morgan fingerprint density at radius 1 is 1.00 bits per heavy atom. The highest BCUT2D eigenvalue weighted by molar-refractivity contribution is 6.01. The van der Waals surface area contributed by atoms with Gasteiger partial charge in [0.2, 0.25) is 17.7 Å². The van der Waals surface area contributed by atoms with Gasteiger partial charge in [-0.15, -0.1) is 0 Å². The van der Waals surface area contributed by atoms with Crippen molar-refractivity contribution < 1.29 is 14.4 Å². The Hall–Kier alpha value is -3.15. The summed E-state index contributed by atoms with van der Waals surface area (Å²) in [6, 6.07) is 18.6. The van der Waals surface area contributed by atoms with Crippen LogP contribution in [0.5, 0.6) is 0 Å². The molecule has 150 valence electrons. The molecule has 29 heavy (non-hydrogen) atoms. The standard InChI is InChI=1S/C23H25N3O3/c27-21-14-17(15-26(21)19-9-5-2-6-10-19)22(28)25-20(23(29)24-18-11-12-18)13-16-7-3-1-4-8-16/h1-10,17-18,20H,11-15H2,(H,24,29)(H,25,28)/t17-,20+/m0/s1. The van der Waals surface area contributed by atoms with Gasteiger partial charge < -0.3 is 15.5 Å². The van der Waals surface area contributed by atoms with E-state index in [0.717, 1.165) is 24.1 Å². The number of carbonyl (C=O) groups excluding carboxylic acids is 3. The van der Waals surface area contributed by atoms with E-state index in [9.17, 15) is 14.4 Å². The number of hydrogen-bond acceptors (Lipinski definition) is 3. The molecule has 0 aromatic heterocycles. The topological polar surface area (TPSA) is 78.5 Å². The molecular formula is C23H25N3O3. The number of amides is 3. The fourth-order valence-corrected chi connectivity index (χ4v) is 3.62. The number of carbonyl (C=O) groups is 3. The number of hydrogen-bond donors (Lipinski definition) is 2. The van der Waals surface area contributed by atoms with E-state index in [1.165, 1.54) is 0 Å². The van der Waals surface area contributed by atoms with Crippen LogP contribution in [0.3, 0.4) is 0 Å². The van der Waals surface area contributed by atoms with Gasteiger partial charge in [-0.3, -0.25) is 14.4 Å². The number of nitrogens with zero attached hydrogens (tertiary/aromatic N) is 1. The first kappa shape index (κ1) is 19.2. The molecule has 0 spiro atoms. The highest BCUT2D eigenvalue weighted by Gasteiger charge is 2.37. The van der Waals surface area contributed by atoms with Crippen LogP contribution in [0, 0.1) is 5.92 Å². The van der Waals surface area contributed by atoms with Gasteiger partial charge >= 0.3 is 0 Å². The molecule has 0 radical (unpaired) electrons. The maximum absolute atomic E-state index is 12.9. The molecule has 2 aliphatic rings. The van der Waals surface area contributed by atoms with Crippen molar-refractivity contribution in [1.29, 1.82) is 0 Å². The number of rotatable bonds is 7. The van der Waals surface area contributed by atoms with E-state index in [1.807, 2.05) is 60.7 Å². The average molecular weight is 391 g/mol. The van der Waals surface area contributed by atoms with Gasteiger partial charge in [0.05, 0.1) is 5.92 Å². The molecule has 4 rings (SSSR count). The zero-order valence-electron chi connectivity index (χ0n) is 16.2. The molecule has 2 fully saturated rings. The lowest BCUT2D eigenvalue weighted by Gasteiger charge is -2.21. The van der Waals surface area contributed by atoms with Crippen LogP contribution >= 0.6 is 0 Å². The summed E-state index contributed by atoms with van der Waals surface area (Å²) < 4.78 is 0. The van der Waals surface area contributed by atoms with Crippen LogP contribution in [0.25, 0.3) is 0 Å². The molecule has 0 unspecified atom stereocenters. The van der Waals surface area contributed by atoms with E-state index >= 15 is 0 Å². The van der Waals surface area contributed by atoms with Gasteiger partial charge in [-0.1, -0.05) is 48.5 Å². The van der Waals surface area contributed by atoms with Crippen molar-refractivity contribution in [2.24, 2.45) is 5.92 Å². The van der Waals surface area contributed by atoms with Crippen LogP contribution in [0.1, 0.15) is 24.8 Å². The van der Waals surface area contributed by atoms with E-state index in [0.29, 0.717) is 13.0 Å². The first-order valence-electron chi connectivity index (χ1n) is 10.1. The molecule has 6 heteroatoms. The van der Waals surface area contributed by atoms with Crippen LogP contribution in [-0.4, -0.2) is 36.3 Å². The van der Waals surface area contributed by atoms with Gasteiger partial charge in [0, 0.05) is 31.1 Å². The summed E-state index contributed by atoms with van der Waals surface area (Å²) in [4.78, 5) is 39.7. The molecule has 2 aromatic rings. The van der Waals surface area contributed by atoms with Crippen LogP contribution in [0.4, 0.5) is 5.69 Å². The SMILES string of the molecule is O=C(N[C@H](Cc1ccccc1)C(=O)NC1CC1)[C@H]1CC(=O)N(c2ccccc2)C1. The van der Waals surface area contributed by atoms with E-state index in [2.05, 4.69) is 10.6 Å². The minimum atomic E-state index is -0.647. The maximum Gasteiger partial charge on any atom is 0.243 e. The Morgan fingerprint density at radius 3 is 2.31 bits per heavy atom. The van der Waals surface area contributed by atoms with Gasteiger partial charge in [0.25, 0.3) is 0 Å². The molecule has 1 aliphatic heterocycles. The number of benzene rings is 2. The minimum absolute atomic E-state index is 0.0709. The predicted octanol–water partition coefficient (Wildman–Crippen LogP) is 2.05.